The predicted molar refractivity (Wildman–Crippen MR) is 84.9 cm³/mol. The highest BCUT2D eigenvalue weighted by molar-refractivity contribution is 8.00. The summed E-state index contributed by atoms with van der Waals surface area (Å²) < 4.78 is 0.523. The molecule has 3 fully saturated rings. The maximum Gasteiger partial charge on any atom is 0.0309 e. The Labute approximate surface area is 123 Å². The van der Waals surface area contributed by atoms with Crippen LogP contribution in [0.4, 0.5) is 0 Å². The van der Waals surface area contributed by atoms with Gasteiger partial charge in [-0.25, -0.2) is 0 Å². The zero-order chi connectivity index (χ0) is 13.5. The Kier molecular flexibility index (Phi) is 3.92. The molecule has 3 unspecified atom stereocenters. The first-order chi connectivity index (χ1) is 9.05. The van der Waals surface area contributed by atoms with E-state index in [4.69, 9.17) is 0 Å². The van der Waals surface area contributed by atoms with Crippen LogP contribution in [-0.2, 0) is 0 Å². The molecule has 0 amide bonds. The second-order valence-electron chi connectivity index (χ2n) is 7.44. The lowest BCUT2D eigenvalue weighted by molar-refractivity contribution is 0.0655. The van der Waals surface area contributed by atoms with Gasteiger partial charge in [0, 0.05) is 36.0 Å². The minimum Gasteiger partial charge on any atom is -0.308 e. The van der Waals surface area contributed by atoms with Gasteiger partial charge in [-0.3, -0.25) is 4.90 Å². The number of nitrogens with zero attached hydrogens (tertiary/aromatic N) is 1. The number of thioether (sulfide) groups is 1. The van der Waals surface area contributed by atoms with Crippen molar-refractivity contribution >= 4 is 11.8 Å². The van der Waals surface area contributed by atoms with Gasteiger partial charge >= 0.3 is 0 Å². The molecule has 0 bridgehead atoms. The van der Waals surface area contributed by atoms with Gasteiger partial charge in [-0.2, -0.15) is 11.8 Å². The molecule has 0 aromatic carbocycles. The Morgan fingerprint density at radius 1 is 1.32 bits per heavy atom. The van der Waals surface area contributed by atoms with E-state index in [1.807, 2.05) is 0 Å². The number of nitrogens with one attached hydrogen (secondary N) is 1. The number of piperazine rings is 1. The van der Waals surface area contributed by atoms with E-state index in [9.17, 15) is 0 Å². The van der Waals surface area contributed by atoms with E-state index in [1.54, 1.807) is 0 Å². The quantitative estimate of drug-likeness (QED) is 0.853. The zero-order valence-electron chi connectivity index (χ0n) is 12.9. The van der Waals surface area contributed by atoms with Crippen LogP contribution in [0, 0.1) is 5.92 Å². The van der Waals surface area contributed by atoms with Gasteiger partial charge in [-0.15, -0.1) is 0 Å². The van der Waals surface area contributed by atoms with E-state index >= 15 is 0 Å². The van der Waals surface area contributed by atoms with Gasteiger partial charge in [0.15, 0.2) is 0 Å². The lowest BCUT2D eigenvalue weighted by Crippen LogP contribution is -2.65. The van der Waals surface area contributed by atoms with E-state index in [-0.39, 0.29) is 0 Å². The van der Waals surface area contributed by atoms with Crippen molar-refractivity contribution in [2.24, 2.45) is 5.92 Å². The fraction of sp³-hybridized carbons (Fsp3) is 1.00. The van der Waals surface area contributed by atoms with Crippen LogP contribution >= 0.6 is 11.8 Å². The van der Waals surface area contributed by atoms with Gasteiger partial charge in [0.05, 0.1) is 0 Å². The highest BCUT2D eigenvalue weighted by Crippen LogP contribution is 2.43. The normalized spacial score (nSPS) is 44.7. The summed E-state index contributed by atoms with van der Waals surface area (Å²) in [6.45, 7) is 11.1. The maximum atomic E-state index is 3.88. The Morgan fingerprint density at radius 2 is 2.11 bits per heavy atom. The molecule has 2 aliphatic heterocycles. The Bertz CT molecular complexity index is 321. The number of hydrogen-bond acceptors (Lipinski definition) is 3. The SMILES string of the molecule is CCC1CNC(C)(C2CC2)CN1CC1(C)CCCS1. The summed E-state index contributed by atoms with van der Waals surface area (Å²) in [4.78, 5) is 2.83. The Balaban J connectivity index is 1.68. The third kappa shape index (κ3) is 2.98. The highest BCUT2D eigenvalue weighted by atomic mass is 32.2. The lowest BCUT2D eigenvalue weighted by Gasteiger charge is -2.48. The summed E-state index contributed by atoms with van der Waals surface area (Å²) in [7, 11) is 0. The summed E-state index contributed by atoms with van der Waals surface area (Å²) in [5.74, 6) is 2.32. The zero-order valence-corrected chi connectivity index (χ0v) is 13.7. The molecule has 2 saturated heterocycles. The molecule has 1 saturated carbocycles. The molecule has 0 aromatic rings. The topological polar surface area (TPSA) is 15.3 Å². The van der Waals surface area contributed by atoms with Crippen molar-refractivity contribution in [3.8, 4) is 0 Å². The smallest absolute Gasteiger partial charge is 0.0309 e. The second kappa shape index (κ2) is 5.23. The third-order valence-corrected chi connectivity index (χ3v) is 7.10. The average molecular weight is 282 g/mol. The molecular weight excluding hydrogens is 252 g/mol. The van der Waals surface area contributed by atoms with Crippen molar-refractivity contribution in [3.05, 3.63) is 0 Å². The first kappa shape index (κ1) is 14.2. The largest absolute Gasteiger partial charge is 0.308 e. The fourth-order valence-electron chi connectivity index (χ4n) is 4.06. The van der Waals surface area contributed by atoms with Gasteiger partial charge < -0.3 is 5.32 Å². The number of hydrogen-bond donors (Lipinski definition) is 1. The first-order valence-electron chi connectivity index (χ1n) is 8.18. The van der Waals surface area contributed by atoms with E-state index in [0.717, 1.165) is 12.0 Å². The Morgan fingerprint density at radius 3 is 2.68 bits per heavy atom. The average Bonchev–Trinajstić information content (AvgIpc) is 3.15. The molecular formula is C16H30N2S. The van der Waals surface area contributed by atoms with Crippen LogP contribution in [0.3, 0.4) is 0 Å². The van der Waals surface area contributed by atoms with Crippen molar-refractivity contribution < 1.29 is 0 Å². The highest BCUT2D eigenvalue weighted by Gasteiger charge is 2.47. The van der Waals surface area contributed by atoms with Gasteiger partial charge in [-0.05, 0) is 57.6 Å². The minimum atomic E-state index is 0.394. The van der Waals surface area contributed by atoms with E-state index < -0.39 is 0 Å². The summed E-state index contributed by atoms with van der Waals surface area (Å²) in [5, 5.41) is 3.88. The van der Waals surface area contributed by atoms with Gasteiger partial charge in [0.25, 0.3) is 0 Å². The van der Waals surface area contributed by atoms with Crippen LogP contribution in [0.2, 0.25) is 0 Å². The summed E-state index contributed by atoms with van der Waals surface area (Å²) >= 11 is 2.21. The fourth-order valence-corrected chi connectivity index (χ4v) is 5.39. The van der Waals surface area contributed by atoms with Crippen molar-refractivity contribution in [2.75, 3.05) is 25.4 Å². The molecule has 19 heavy (non-hydrogen) atoms. The molecule has 3 atom stereocenters. The third-order valence-electron chi connectivity index (χ3n) is 5.58. The van der Waals surface area contributed by atoms with Crippen LogP contribution in [-0.4, -0.2) is 46.6 Å². The van der Waals surface area contributed by atoms with Crippen LogP contribution in [0.1, 0.15) is 52.9 Å². The molecule has 2 nitrogen and oxygen atoms in total. The van der Waals surface area contributed by atoms with Crippen LogP contribution in [0.25, 0.3) is 0 Å². The van der Waals surface area contributed by atoms with Crippen molar-refractivity contribution in [1.82, 2.24) is 10.2 Å². The van der Waals surface area contributed by atoms with Crippen molar-refractivity contribution in [1.29, 1.82) is 0 Å². The monoisotopic (exact) mass is 282 g/mol. The van der Waals surface area contributed by atoms with E-state index in [1.165, 1.54) is 57.5 Å². The van der Waals surface area contributed by atoms with Crippen LogP contribution in [0.15, 0.2) is 0 Å². The molecule has 110 valence electrons. The maximum absolute atomic E-state index is 3.88. The number of rotatable bonds is 4. The van der Waals surface area contributed by atoms with Gasteiger partial charge in [-0.1, -0.05) is 6.92 Å². The van der Waals surface area contributed by atoms with Crippen molar-refractivity contribution in [3.63, 3.8) is 0 Å². The molecule has 0 aromatic heterocycles. The van der Waals surface area contributed by atoms with E-state index in [2.05, 4.69) is 42.7 Å². The molecule has 1 N–H and O–H groups in total. The molecule has 3 rings (SSSR count). The predicted octanol–water partition coefficient (Wildman–Crippen LogP) is 3.12. The summed E-state index contributed by atoms with van der Waals surface area (Å²) in [6, 6.07) is 0.754. The van der Waals surface area contributed by atoms with Crippen LogP contribution < -0.4 is 5.32 Å². The second-order valence-corrected chi connectivity index (χ2v) is 9.12. The lowest BCUT2D eigenvalue weighted by atomic mass is 9.89. The van der Waals surface area contributed by atoms with Gasteiger partial charge in [0.1, 0.15) is 0 Å². The minimum absolute atomic E-state index is 0.394. The summed E-state index contributed by atoms with van der Waals surface area (Å²) in [6.07, 6.45) is 7.01. The van der Waals surface area contributed by atoms with E-state index in [0.29, 0.717) is 10.3 Å². The molecule has 0 radical (unpaired) electrons. The molecule has 1 aliphatic carbocycles. The molecule has 3 aliphatic rings. The van der Waals surface area contributed by atoms with Crippen LogP contribution in [0.5, 0.6) is 0 Å². The molecule has 0 spiro atoms. The van der Waals surface area contributed by atoms with Gasteiger partial charge in [0.2, 0.25) is 0 Å². The Hall–Kier alpha value is 0.270. The molecule has 3 heteroatoms. The summed E-state index contributed by atoms with van der Waals surface area (Å²) in [5.41, 5.74) is 0.394. The standard InChI is InChI=1S/C16H30N2S/c1-4-14-10-17-16(3,13-6-7-13)12-18(14)11-15(2)8-5-9-19-15/h13-14,17H,4-12H2,1-3H3. The molecule has 2 heterocycles. The van der Waals surface area contributed by atoms with Crippen molar-refractivity contribution in [2.45, 2.75) is 69.2 Å². The first-order valence-corrected chi connectivity index (χ1v) is 9.16.